The number of carbonyl (C=O) groups excluding carboxylic acids is 1. The van der Waals surface area contributed by atoms with E-state index in [9.17, 15) is 9.59 Å². The van der Waals surface area contributed by atoms with Gasteiger partial charge in [-0.25, -0.2) is 0 Å². The number of rotatable bonds is 4. The van der Waals surface area contributed by atoms with Gasteiger partial charge >= 0.3 is 5.97 Å². The first-order valence-electron chi connectivity index (χ1n) is 6.41. The lowest BCUT2D eigenvalue weighted by molar-refractivity contribution is -0.142. The van der Waals surface area contributed by atoms with Gasteiger partial charge < -0.3 is 14.7 Å². The van der Waals surface area contributed by atoms with Crippen molar-refractivity contribution in [3.05, 3.63) is 29.3 Å². The van der Waals surface area contributed by atoms with Crippen molar-refractivity contribution in [3.63, 3.8) is 0 Å². The summed E-state index contributed by atoms with van der Waals surface area (Å²) < 4.78 is 5.54. The van der Waals surface area contributed by atoms with Crippen molar-refractivity contribution in [1.29, 1.82) is 0 Å². The molecule has 1 fully saturated rings. The number of carbonyl (C=O) groups is 2. The number of carboxylic acid groups (broad SMARTS) is 1. The number of nitrogens with zero attached hydrogens (tertiary/aromatic N) is 1. The fourth-order valence-electron chi connectivity index (χ4n) is 2.21. The van der Waals surface area contributed by atoms with E-state index in [1.54, 1.807) is 31.2 Å². The molecule has 5 nitrogen and oxygen atoms in total. The predicted molar refractivity (Wildman–Crippen MR) is 73.9 cm³/mol. The first-order chi connectivity index (χ1) is 9.47. The molecule has 1 N–H and O–H groups in total. The van der Waals surface area contributed by atoms with E-state index in [-0.39, 0.29) is 12.5 Å². The summed E-state index contributed by atoms with van der Waals surface area (Å²) in [6, 6.07) is 6.82. The van der Waals surface area contributed by atoms with Crippen LogP contribution in [0.15, 0.2) is 24.3 Å². The molecule has 0 saturated carbocycles. The summed E-state index contributed by atoms with van der Waals surface area (Å²) in [5.41, 5.74) is 0. The first-order valence-corrected chi connectivity index (χ1v) is 6.79. The second kappa shape index (κ2) is 6.13. The van der Waals surface area contributed by atoms with Gasteiger partial charge in [0, 0.05) is 18.1 Å². The van der Waals surface area contributed by atoms with Crippen LogP contribution in [0.3, 0.4) is 0 Å². The van der Waals surface area contributed by atoms with Gasteiger partial charge in [-0.05, 0) is 31.5 Å². The molecule has 0 aromatic heterocycles. The molecular weight excluding hydrogens is 282 g/mol. The van der Waals surface area contributed by atoms with Gasteiger partial charge in [-0.1, -0.05) is 17.7 Å². The number of hydrogen-bond acceptors (Lipinski definition) is 3. The van der Waals surface area contributed by atoms with Gasteiger partial charge in [0.1, 0.15) is 5.75 Å². The van der Waals surface area contributed by atoms with Crippen molar-refractivity contribution in [2.75, 3.05) is 13.1 Å². The fraction of sp³-hybridized carbons (Fsp3) is 0.429. The lowest BCUT2D eigenvalue weighted by Gasteiger charge is -2.21. The number of likely N-dealkylation sites (tertiary alicyclic amines) is 1. The molecule has 1 saturated heterocycles. The van der Waals surface area contributed by atoms with E-state index in [4.69, 9.17) is 21.4 Å². The van der Waals surface area contributed by atoms with Crippen molar-refractivity contribution in [2.24, 2.45) is 5.92 Å². The third-order valence-corrected chi connectivity index (χ3v) is 3.54. The van der Waals surface area contributed by atoms with Gasteiger partial charge in [0.25, 0.3) is 5.91 Å². The molecule has 0 bridgehead atoms. The van der Waals surface area contributed by atoms with Crippen LogP contribution in [0.5, 0.6) is 5.75 Å². The summed E-state index contributed by atoms with van der Waals surface area (Å²) in [6.07, 6.45) is -0.175. The van der Waals surface area contributed by atoms with E-state index in [1.807, 2.05) is 0 Å². The zero-order valence-corrected chi connectivity index (χ0v) is 11.8. The van der Waals surface area contributed by atoms with Crippen LogP contribution < -0.4 is 4.74 Å². The summed E-state index contributed by atoms with van der Waals surface area (Å²) in [4.78, 5) is 24.6. The van der Waals surface area contributed by atoms with E-state index in [0.717, 1.165) is 0 Å². The Balaban J connectivity index is 1.94. The van der Waals surface area contributed by atoms with Crippen LogP contribution in [-0.4, -0.2) is 41.1 Å². The fourth-order valence-corrected chi connectivity index (χ4v) is 2.39. The van der Waals surface area contributed by atoms with Gasteiger partial charge in [0.2, 0.25) is 0 Å². The number of amides is 1. The minimum atomic E-state index is -0.858. The molecule has 0 aliphatic carbocycles. The Morgan fingerprint density at radius 2 is 2.25 bits per heavy atom. The minimum absolute atomic E-state index is 0.200. The number of hydrogen-bond donors (Lipinski definition) is 1. The molecule has 1 aliphatic heterocycles. The Labute approximate surface area is 122 Å². The quantitative estimate of drug-likeness (QED) is 0.923. The zero-order chi connectivity index (χ0) is 14.7. The lowest BCUT2D eigenvalue weighted by Crippen LogP contribution is -2.39. The van der Waals surface area contributed by atoms with Gasteiger partial charge in [-0.3, -0.25) is 9.59 Å². The summed E-state index contributed by atoms with van der Waals surface area (Å²) in [6.45, 7) is 2.35. The Bertz CT molecular complexity index is 520. The van der Waals surface area contributed by atoms with Crippen LogP contribution in [0.4, 0.5) is 0 Å². The molecule has 2 rings (SSSR count). The van der Waals surface area contributed by atoms with Crippen molar-refractivity contribution in [2.45, 2.75) is 19.4 Å². The van der Waals surface area contributed by atoms with Crippen LogP contribution in [0, 0.1) is 5.92 Å². The predicted octanol–water partition coefficient (Wildman–Crippen LogP) is 2.04. The number of aliphatic carboxylic acids is 1. The largest absolute Gasteiger partial charge is 0.481 e. The van der Waals surface area contributed by atoms with Crippen LogP contribution in [0.1, 0.15) is 13.3 Å². The highest BCUT2D eigenvalue weighted by Gasteiger charge is 2.33. The number of halogens is 1. The maximum Gasteiger partial charge on any atom is 0.308 e. The normalized spacial score (nSPS) is 19.7. The molecule has 0 spiro atoms. The summed E-state index contributed by atoms with van der Waals surface area (Å²) in [5.74, 6) is -1.01. The maximum atomic E-state index is 12.2. The third-order valence-electron chi connectivity index (χ3n) is 3.31. The molecule has 0 unspecified atom stereocenters. The molecule has 1 aliphatic rings. The van der Waals surface area contributed by atoms with Crippen LogP contribution >= 0.6 is 11.6 Å². The number of carboxylic acids is 1. The minimum Gasteiger partial charge on any atom is -0.481 e. The van der Waals surface area contributed by atoms with Gasteiger partial charge in [0.15, 0.2) is 6.10 Å². The van der Waals surface area contributed by atoms with Gasteiger partial charge in [-0.2, -0.15) is 0 Å². The van der Waals surface area contributed by atoms with Gasteiger partial charge in [0.05, 0.1) is 5.92 Å². The lowest BCUT2D eigenvalue weighted by atomic mass is 10.1. The molecule has 1 heterocycles. The summed E-state index contributed by atoms with van der Waals surface area (Å²) >= 11 is 5.85. The molecule has 0 radical (unpaired) electrons. The summed E-state index contributed by atoms with van der Waals surface area (Å²) in [7, 11) is 0. The Kier molecular flexibility index (Phi) is 4.49. The molecular formula is C14H16ClNO4. The highest BCUT2D eigenvalue weighted by atomic mass is 35.5. The average Bonchev–Trinajstić information content (AvgIpc) is 2.87. The van der Waals surface area contributed by atoms with Crippen molar-refractivity contribution < 1.29 is 19.4 Å². The van der Waals surface area contributed by atoms with E-state index in [1.165, 1.54) is 4.90 Å². The molecule has 1 aromatic carbocycles. The smallest absolute Gasteiger partial charge is 0.308 e. The molecule has 1 amide bonds. The third kappa shape index (κ3) is 3.42. The highest BCUT2D eigenvalue weighted by Crippen LogP contribution is 2.21. The van der Waals surface area contributed by atoms with E-state index >= 15 is 0 Å². The summed E-state index contributed by atoms with van der Waals surface area (Å²) in [5, 5.41) is 9.47. The molecule has 1 aromatic rings. The van der Waals surface area contributed by atoms with E-state index in [0.29, 0.717) is 23.7 Å². The van der Waals surface area contributed by atoms with Crippen LogP contribution in [0.25, 0.3) is 0 Å². The molecule has 6 heteroatoms. The Hall–Kier alpha value is -1.75. The van der Waals surface area contributed by atoms with Crippen LogP contribution in [0.2, 0.25) is 5.02 Å². The first kappa shape index (κ1) is 14.7. The molecule has 20 heavy (non-hydrogen) atoms. The van der Waals surface area contributed by atoms with Crippen molar-refractivity contribution in [3.8, 4) is 5.75 Å². The second-order valence-corrected chi connectivity index (χ2v) is 5.26. The maximum absolute atomic E-state index is 12.2. The van der Waals surface area contributed by atoms with Crippen molar-refractivity contribution in [1.82, 2.24) is 4.90 Å². The van der Waals surface area contributed by atoms with Crippen LogP contribution in [-0.2, 0) is 9.59 Å². The standard InChI is InChI=1S/C14H16ClNO4/c1-9(20-12-4-2-3-11(15)7-12)13(17)16-6-5-10(8-16)14(18)19/h2-4,7,9-10H,5-6,8H2,1H3,(H,18,19)/t9-,10+/m1/s1. The zero-order valence-electron chi connectivity index (χ0n) is 11.1. The van der Waals surface area contributed by atoms with Crippen molar-refractivity contribution >= 4 is 23.5 Å². The highest BCUT2D eigenvalue weighted by molar-refractivity contribution is 6.30. The Morgan fingerprint density at radius 3 is 2.85 bits per heavy atom. The topological polar surface area (TPSA) is 66.8 Å². The Morgan fingerprint density at radius 1 is 1.50 bits per heavy atom. The second-order valence-electron chi connectivity index (χ2n) is 4.83. The number of benzene rings is 1. The average molecular weight is 298 g/mol. The van der Waals surface area contributed by atoms with Gasteiger partial charge in [-0.15, -0.1) is 0 Å². The molecule has 2 atom stereocenters. The SMILES string of the molecule is C[C@@H](Oc1cccc(Cl)c1)C(=O)N1CC[C@H](C(=O)O)C1. The number of ether oxygens (including phenoxy) is 1. The monoisotopic (exact) mass is 297 g/mol. The van der Waals surface area contributed by atoms with E-state index in [2.05, 4.69) is 0 Å². The van der Waals surface area contributed by atoms with E-state index < -0.39 is 18.0 Å². The molecule has 108 valence electrons.